The van der Waals surface area contributed by atoms with E-state index in [4.69, 9.17) is 11.6 Å². The summed E-state index contributed by atoms with van der Waals surface area (Å²) in [6.07, 6.45) is 6.03. The highest BCUT2D eigenvalue weighted by Crippen LogP contribution is 2.40. The number of aliphatic carboxylic acids is 1. The van der Waals surface area contributed by atoms with Gasteiger partial charge in [0.25, 0.3) is 0 Å². The van der Waals surface area contributed by atoms with Gasteiger partial charge in [-0.2, -0.15) is 0 Å². The first-order valence-electron chi connectivity index (χ1n) is 12.0. The Balaban J connectivity index is 1.34. The predicted molar refractivity (Wildman–Crippen MR) is 132 cm³/mol. The van der Waals surface area contributed by atoms with Crippen LogP contribution in [-0.2, 0) is 29.1 Å². The van der Waals surface area contributed by atoms with Crippen LogP contribution in [-0.4, -0.2) is 38.0 Å². The molecular formula is C27H30ClN3O3. The van der Waals surface area contributed by atoms with Gasteiger partial charge in [0.1, 0.15) is 5.65 Å². The molecular weight excluding hydrogens is 450 g/mol. The van der Waals surface area contributed by atoms with Gasteiger partial charge >= 0.3 is 5.97 Å². The Labute approximate surface area is 204 Å². The van der Waals surface area contributed by atoms with Gasteiger partial charge in [-0.05, 0) is 80.3 Å². The molecule has 1 aromatic carbocycles. The third kappa shape index (κ3) is 4.31. The van der Waals surface area contributed by atoms with E-state index in [1.54, 1.807) is 0 Å². The summed E-state index contributed by atoms with van der Waals surface area (Å²) in [5.74, 6) is -0.281. The normalized spacial score (nSPS) is 22.5. The van der Waals surface area contributed by atoms with Crippen LogP contribution in [0.15, 0.2) is 42.6 Å². The Morgan fingerprint density at radius 1 is 1.18 bits per heavy atom. The van der Waals surface area contributed by atoms with Crippen LogP contribution >= 0.6 is 11.6 Å². The first-order valence-corrected chi connectivity index (χ1v) is 12.4. The molecule has 2 aromatic heterocycles. The lowest BCUT2D eigenvalue weighted by Gasteiger charge is -2.35. The standard InChI is InChI=1S/C27H30ClN3O3/c1-27(26(33)34)11-8-18(9-12-27)15-24(32)30-14-10-21-22-3-2-13-29-25(22)31(23(21)17-30)16-19-4-6-20(28)7-5-19/h2-7,13,18H,8-12,14-17H2,1H3,(H,33,34)/t18-,27+. The fourth-order valence-corrected chi connectivity index (χ4v) is 5.65. The quantitative estimate of drug-likeness (QED) is 0.539. The van der Waals surface area contributed by atoms with Gasteiger partial charge < -0.3 is 14.6 Å². The maximum atomic E-state index is 13.3. The molecule has 5 rings (SSSR count). The zero-order chi connectivity index (χ0) is 23.9. The van der Waals surface area contributed by atoms with Crippen LogP contribution in [0.25, 0.3) is 11.0 Å². The number of fused-ring (bicyclic) bond motifs is 3. The van der Waals surface area contributed by atoms with Crippen LogP contribution in [0.3, 0.4) is 0 Å². The molecule has 1 aliphatic heterocycles. The second-order valence-electron chi connectivity index (χ2n) is 10.1. The summed E-state index contributed by atoms with van der Waals surface area (Å²) in [5, 5.41) is 11.4. The Morgan fingerprint density at radius 3 is 2.62 bits per heavy atom. The minimum Gasteiger partial charge on any atom is -0.481 e. The first kappa shape index (κ1) is 22.9. The number of rotatable bonds is 5. The molecule has 1 fully saturated rings. The SMILES string of the molecule is C[C@]1(C(=O)O)CC[C@@H](CC(=O)N2CCc3c(n(Cc4ccc(Cl)cc4)c4ncccc34)C2)CC1. The van der Waals surface area contributed by atoms with Crippen molar-refractivity contribution in [3.63, 3.8) is 0 Å². The van der Waals surface area contributed by atoms with E-state index in [1.807, 2.05) is 48.4 Å². The second-order valence-corrected chi connectivity index (χ2v) is 10.5. The van der Waals surface area contributed by atoms with E-state index in [1.165, 1.54) is 10.9 Å². The third-order valence-electron chi connectivity index (χ3n) is 7.81. The van der Waals surface area contributed by atoms with Crippen LogP contribution in [0.5, 0.6) is 0 Å². The number of pyridine rings is 1. The highest BCUT2D eigenvalue weighted by atomic mass is 35.5. The van der Waals surface area contributed by atoms with E-state index in [0.29, 0.717) is 43.9 Å². The van der Waals surface area contributed by atoms with Crippen molar-refractivity contribution in [2.24, 2.45) is 11.3 Å². The van der Waals surface area contributed by atoms with Crippen LogP contribution in [0.1, 0.15) is 55.8 Å². The summed E-state index contributed by atoms with van der Waals surface area (Å²) < 4.78 is 2.24. The number of carboxylic acids is 1. The zero-order valence-corrected chi connectivity index (χ0v) is 20.2. The largest absolute Gasteiger partial charge is 0.481 e. The molecule has 0 saturated heterocycles. The van der Waals surface area contributed by atoms with Gasteiger partial charge in [0.05, 0.1) is 12.0 Å². The van der Waals surface area contributed by atoms with Crippen molar-refractivity contribution < 1.29 is 14.7 Å². The molecule has 7 heteroatoms. The third-order valence-corrected chi connectivity index (χ3v) is 8.06. The van der Waals surface area contributed by atoms with Crippen LogP contribution in [0, 0.1) is 11.3 Å². The number of halogens is 1. The van der Waals surface area contributed by atoms with Crippen molar-refractivity contribution in [2.45, 2.75) is 58.5 Å². The Hall–Kier alpha value is -2.86. The molecule has 2 aliphatic rings. The minimum atomic E-state index is -0.719. The highest BCUT2D eigenvalue weighted by molar-refractivity contribution is 6.30. The molecule has 34 heavy (non-hydrogen) atoms. The van der Waals surface area contributed by atoms with E-state index in [0.717, 1.165) is 36.2 Å². The summed E-state index contributed by atoms with van der Waals surface area (Å²) in [6, 6.07) is 12.0. The number of benzene rings is 1. The van der Waals surface area contributed by atoms with Crippen molar-refractivity contribution in [2.75, 3.05) is 6.54 Å². The molecule has 1 saturated carbocycles. The molecule has 1 amide bonds. The summed E-state index contributed by atoms with van der Waals surface area (Å²) in [4.78, 5) is 31.5. The van der Waals surface area contributed by atoms with Gasteiger partial charge in [-0.15, -0.1) is 0 Å². The molecule has 0 spiro atoms. The molecule has 1 aliphatic carbocycles. The summed E-state index contributed by atoms with van der Waals surface area (Å²) in [7, 11) is 0. The van der Waals surface area contributed by atoms with E-state index < -0.39 is 11.4 Å². The molecule has 3 heterocycles. The molecule has 0 bridgehead atoms. The monoisotopic (exact) mass is 479 g/mol. The summed E-state index contributed by atoms with van der Waals surface area (Å²) in [5.41, 5.74) is 3.90. The Kier molecular flexibility index (Phi) is 6.11. The molecule has 3 aromatic rings. The van der Waals surface area contributed by atoms with Crippen LogP contribution in [0.4, 0.5) is 0 Å². The lowest BCUT2D eigenvalue weighted by molar-refractivity contribution is -0.150. The van der Waals surface area contributed by atoms with E-state index in [2.05, 4.69) is 15.6 Å². The lowest BCUT2D eigenvalue weighted by atomic mass is 9.71. The van der Waals surface area contributed by atoms with Gasteiger partial charge in [0.15, 0.2) is 0 Å². The average Bonchev–Trinajstić information content (AvgIpc) is 3.15. The summed E-state index contributed by atoms with van der Waals surface area (Å²) in [6.45, 7) is 3.80. The van der Waals surface area contributed by atoms with Crippen molar-refractivity contribution in [3.8, 4) is 0 Å². The van der Waals surface area contributed by atoms with Crippen molar-refractivity contribution in [1.29, 1.82) is 0 Å². The minimum absolute atomic E-state index is 0.172. The molecule has 178 valence electrons. The maximum absolute atomic E-state index is 13.3. The van der Waals surface area contributed by atoms with Crippen LogP contribution in [0.2, 0.25) is 5.02 Å². The van der Waals surface area contributed by atoms with Gasteiger partial charge in [0.2, 0.25) is 5.91 Å². The topological polar surface area (TPSA) is 75.4 Å². The molecule has 0 unspecified atom stereocenters. The van der Waals surface area contributed by atoms with Crippen molar-refractivity contribution in [3.05, 3.63) is 64.4 Å². The number of carbonyl (C=O) groups is 2. The van der Waals surface area contributed by atoms with Crippen molar-refractivity contribution in [1.82, 2.24) is 14.5 Å². The first-order chi connectivity index (χ1) is 16.3. The predicted octanol–water partition coefficient (Wildman–Crippen LogP) is 5.29. The summed E-state index contributed by atoms with van der Waals surface area (Å²) >= 11 is 6.08. The number of aromatic nitrogens is 2. The number of hydrogen-bond acceptors (Lipinski definition) is 3. The smallest absolute Gasteiger partial charge is 0.309 e. The number of hydrogen-bond donors (Lipinski definition) is 1. The number of amides is 1. The Bertz CT molecular complexity index is 1230. The zero-order valence-electron chi connectivity index (χ0n) is 19.5. The van der Waals surface area contributed by atoms with Crippen molar-refractivity contribution >= 4 is 34.5 Å². The van der Waals surface area contributed by atoms with Gasteiger partial charge in [-0.25, -0.2) is 4.98 Å². The molecule has 6 nitrogen and oxygen atoms in total. The van der Waals surface area contributed by atoms with Crippen LogP contribution < -0.4 is 0 Å². The molecule has 0 atom stereocenters. The van der Waals surface area contributed by atoms with E-state index >= 15 is 0 Å². The number of carboxylic acid groups (broad SMARTS) is 1. The lowest BCUT2D eigenvalue weighted by Crippen LogP contribution is -2.39. The van der Waals surface area contributed by atoms with E-state index in [-0.39, 0.29) is 11.8 Å². The fourth-order valence-electron chi connectivity index (χ4n) is 5.52. The number of carbonyl (C=O) groups excluding carboxylic acids is 1. The maximum Gasteiger partial charge on any atom is 0.309 e. The van der Waals surface area contributed by atoms with Gasteiger partial charge in [-0.3, -0.25) is 9.59 Å². The average molecular weight is 480 g/mol. The highest BCUT2D eigenvalue weighted by Gasteiger charge is 2.38. The van der Waals surface area contributed by atoms with Gasteiger partial charge in [0, 0.05) is 41.8 Å². The second kappa shape index (κ2) is 9.06. The fraction of sp³-hybridized carbons (Fsp3) is 0.444. The van der Waals surface area contributed by atoms with Gasteiger partial charge in [-0.1, -0.05) is 23.7 Å². The Morgan fingerprint density at radius 2 is 1.91 bits per heavy atom. The molecule has 1 N–H and O–H groups in total. The van der Waals surface area contributed by atoms with E-state index in [9.17, 15) is 14.7 Å². The molecule has 0 radical (unpaired) electrons. The number of nitrogens with zero attached hydrogens (tertiary/aromatic N) is 3.